The van der Waals surface area contributed by atoms with Crippen molar-refractivity contribution in [2.75, 3.05) is 6.61 Å². The number of ether oxygens (including phenoxy) is 2. The Hall–Kier alpha value is -2.86. The van der Waals surface area contributed by atoms with Crippen molar-refractivity contribution in [3.8, 4) is 16.9 Å². The van der Waals surface area contributed by atoms with E-state index in [1.54, 1.807) is 31.2 Å². The Bertz CT molecular complexity index is 1040. The molecule has 0 spiro atoms. The van der Waals surface area contributed by atoms with Gasteiger partial charge in [0.1, 0.15) is 18.5 Å². The van der Waals surface area contributed by atoms with E-state index in [4.69, 9.17) is 9.47 Å². The Kier molecular flexibility index (Phi) is 5.28. The molecule has 1 atom stereocenters. The molecule has 0 saturated carbocycles. The van der Waals surface area contributed by atoms with E-state index in [-0.39, 0.29) is 29.4 Å². The van der Waals surface area contributed by atoms with Crippen molar-refractivity contribution in [3.63, 3.8) is 0 Å². The third-order valence-corrected chi connectivity index (χ3v) is 4.98. The van der Waals surface area contributed by atoms with Gasteiger partial charge in [0.25, 0.3) is 0 Å². The quantitative estimate of drug-likeness (QED) is 0.366. The lowest BCUT2D eigenvalue weighted by Gasteiger charge is -2.11. The summed E-state index contributed by atoms with van der Waals surface area (Å²) in [6.07, 6.45) is 0.0305. The third-order valence-electron chi connectivity index (χ3n) is 4.98. The van der Waals surface area contributed by atoms with Crippen molar-refractivity contribution in [1.82, 2.24) is 0 Å². The number of hydrogen-bond acceptors (Lipinski definition) is 2. The summed E-state index contributed by atoms with van der Waals surface area (Å²) in [7, 11) is 0. The molecule has 150 valence electrons. The van der Waals surface area contributed by atoms with Crippen LogP contribution >= 0.6 is 0 Å². The molecule has 3 aromatic rings. The van der Waals surface area contributed by atoms with Gasteiger partial charge < -0.3 is 9.47 Å². The van der Waals surface area contributed by atoms with Crippen molar-refractivity contribution < 1.29 is 27.0 Å². The molecule has 29 heavy (non-hydrogen) atoms. The average Bonchev–Trinajstić information content (AvgIpc) is 3.57. The van der Waals surface area contributed by atoms with Crippen molar-refractivity contribution >= 4 is 0 Å². The van der Waals surface area contributed by atoms with Crippen LogP contribution in [0.1, 0.15) is 29.7 Å². The largest absolute Gasteiger partial charge is 0.489 e. The molecular weight excluding hydrogens is 384 g/mol. The summed E-state index contributed by atoms with van der Waals surface area (Å²) < 4.78 is 67.1. The zero-order valence-corrected chi connectivity index (χ0v) is 15.6. The van der Waals surface area contributed by atoms with Crippen LogP contribution in [-0.2, 0) is 17.8 Å². The Labute approximate surface area is 165 Å². The normalized spacial score (nSPS) is 15.4. The van der Waals surface area contributed by atoms with E-state index in [0.29, 0.717) is 29.9 Å². The molecule has 0 aromatic heterocycles. The molecule has 1 heterocycles. The van der Waals surface area contributed by atoms with Crippen molar-refractivity contribution in [2.45, 2.75) is 26.1 Å². The van der Waals surface area contributed by atoms with Crippen LogP contribution in [0.25, 0.3) is 11.1 Å². The van der Waals surface area contributed by atoms with Crippen molar-refractivity contribution in [3.05, 3.63) is 88.5 Å². The predicted molar refractivity (Wildman–Crippen MR) is 101 cm³/mol. The molecule has 0 bridgehead atoms. The third kappa shape index (κ3) is 3.85. The molecule has 1 fully saturated rings. The summed E-state index contributed by atoms with van der Waals surface area (Å²) in [4.78, 5) is 0. The molecule has 1 aliphatic heterocycles. The first-order valence-corrected chi connectivity index (χ1v) is 9.28. The van der Waals surface area contributed by atoms with Gasteiger partial charge in [0.15, 0.2) is 23.3 Å². The smallest absolute Gasteiger partial charge is 0.167 e. The fourth-order valence-corrected chi connectivity index (χ4v) is 3.17. The number of benzene rings is 3. The monoisotopic (exact) mass is 402 g/mol. The molecule has 6 heteroatoms. The van der Waals surface area contributed by atoms with Gasteiger partial charge in [-0.05, 0) is 29.7 Å². The Balaban J connectivity index is 1.49. The lowest BCUT2D eigenvalue weighted by atomic mass is 10.0. The number of hydrogen-bond donors (Lipinski definition) is 0. The number of aryl methyl sites for hydroxylation is 1. The number of rotatable bonds is 6. The van der Waals surface area contributed by atoms with E-state index in [0.717, 1.165) is 0 Å². The highest BCUT2D eigenvalue weighted by Gasteiger charge is 2.30. The summed E-state index contributed by atoms with van der Waals surface area (Å²) in [6.45, 7) is 2.00. The molecular formula is C23H18F4O2. The van der Waals surface area contributed by atoms with Crippen LogP contribution in [0, 0.1) is 23.3 Å². The van der Waals surface area contributed by atoms with E-state index in [1.807, 2.05) is 0 Å². The summed E-state index contributed by atoms with van der Waals surface area (Å²) in [5.41, 5.74) is 1.23. The molecule has 1 saturated heterocycles. The maximum atomic E-state index is 14.4. The SMILES string of the molecule is CCc1ccc(COc2ccc(-c3ccc(C4CO4)c(F)c3F)cc2)c(F)c1F. The van der Waals surface area contributed by atoms with Gasteiger partial charge in [-0.3, -0.25) is 0 Å². The summed E-state index contributed by atoms with van der Waals surface area (Å²) in [5, 5.41) is 0. The van der Waals surface area contributed by atoms with Crippen molar-refractivity contribution in [2.24, 2.45) is 0 Å². The summed E-state index contributed by atoms with van der Waals surface area (Å²) >= 11 is 0. The lowest BCUT2D eigenvalue weighted by Crippen LogP contribution is -2.03. The van der Waals surface area contributed by atoms with Crippen LogP contribution in [0.15, 0.2) is 48.5 Å². The first-order chi connectivity index (χ1) is 14.0. The van der Waals surface area contributed by atoms with E-state index in [2.05, 4.69) is 0 Å². The van der Waals surface area contributed by atoms with E-state index in [9.17, 15) is 17.6 Å². The van der Waals surface area contributed by atoms with Gasteiger partial charge in [0, 0.05) is 16.7 Å². The Morgan fingerprint density at radius 3 is 2.14 bits per heavy atom. The van der Waals surface area contributed by atoms with Gasteiger partial charge >= 0.3 is 0 Å². The number of halogens is 4. The van der Waals surface area contributed by atoms with Gasteiger partial charge in [-0.15, -0.1) is 0 Å². The van der Waals surface area contributed by atoms with Crippen LogP contribution in [-0.4, -0.2) is 6.61 Å². The average molecular weight is 402 g/mol. The molecule has 0 N–H and O–H groups in total. The van der Waals surface area contributed by atoms with Crippen molar-refractivity contribution in [1.29, 1.82) is 0 Å². The molecule has 3 aromatic carbocycles. The summed E-state index contributed by atoms with van der Waals surface area (Å²) in [6, 6.07) is 12.4. The summed E-state index contributed by atoms with van der Waals surface area (Å²) in [5.74, 6) is -3.21. The van der Waals surface area contributed by atoms with Crippen LogP contribution in [0.4, 0.5) is 17.6 Å². The predicted octanol–water partition coefficient (Wildman–Crippen LogP) is 6.12. The molecule has 1 aliphatic rings. The van der Waals surface area contributed by atoms with Gasteiger partial charge in [-0.1, -0.05) is 43.3 Å². The zero-order valence-electron chi connectivity index (χ0n) is 15.6. The molecule has 0 aliphatic carbocycles. The fraction of sp³-hybridized carbons (Fsp3) is 0.217. The zero-order chi connectivity index (χ0) is 20.5. The standard InChI is InChI=1S/C23H18F4O2/c1-2-13-3-4-15(21(25)20(13)24)11-28-16-7-5-14(6-8-16)17-9-10-18(19-12-29-19)23(27)22(17)26/h3-10,19H,2,11-12H2,1H3. The molecule has 1 unspecified atom stereocenters. The highest BCUT2D eigenvalue weighted by molar-refractivity contribution is 5.65. The second-order valence-corrected chi connectivity index (χ2v) is 6.83. The molecule has 4 rings (SSSR count). The number of epoxide rings is 1. The first kappa shape index (κ1) is 19.5. The van der Waals surface area contributed by atoms with Gasteiger partial charge in [-0.2, -0.15) is 0 Å². The molecule has 0 radical (unpaired) electrons. The van der Waals surface area contributed by atoms with Crippen LogP contribution < -0.4 is 4.74 Å². The van der Waals surface area contributed by atoms with E-state index >= 15 is 0 Å². The minimum atomic E-state index is -0.930. The second kappa shape index (κ2) is 7.87. The lowest BCUT2D eigenvalue weighted by molar-refractivity contribution is 0.297. The van der Waals surface area contributed by atoms with E-state index in [1.165, 1.54) is 24.3 Å². The van der Waals surface area contributed by atoms with Gasteiger partial charge in [-0.25, -0.2) is 17.6 Å². The minimum Gasteiger partial charge on any atom is -0.489 e. The molecule has 2 nitrogen and oxygen atoms in total. The minimum absolute atomic E-state index is 0.106. The van der Waals surface area contributed by atoms with E-state index < -0.39 is 23.3 Å². The molecule has 0 amide bonds. The van der Waals surface area contributed by atoms with Crippen LogP contribution in [0.2, 0.25) is 0 Å². The fourth-order valence-electron chi connectivity index (χ4n) is 3.17. The second-order valence-electron chi connectivity index (χ2n) is 6.83. The van der Waals surface area contributed by atoms with Crippen LogP contribution in [0.5, 0.6) is 5.75 Å². The van der Waals surface area contributed by atoms with Gasteiger partial charge in [0.2, 0.25) is 0 Å². The Morgan fingerprint density at radius 2 is 1.48 bits per heavy atom. The highest BCUT2D eigenvalue weighted by Crippen LogP contribution is 2.36. The topological polar surface area (TPSA) is 21.8 Å². The first-order valence-electron chi connectivity index (χ1n) is 9.28. The highest BCUT2D eigenvalue weighted by atomic mass is 19.2. The maximum absolute atomic E-state index is 14.4. The Morgan fingerprint density at radius 1 is 0.828 bits per heavy atom. The maximum Gasteiger partial charge on any atom is 0.167 e. The van der Waals surface area contributed by atoms with Crippen LogP contribution in [0.3, 0.4) is 0 Å². The van der Waals surface area contributed by atoms with Gasteiger partial charge in [0.05, 0.1) is 6.61 Å².